The molecular weight excluding hydrogens is 321 g/mol. The Bertz CT molecular complexity index is 756. The first-order valence-corrected chi connectivity index (χ1v) is 8.35. The Balaban J connectivity index is 2.12. The van der Waals surface area contributed by atoms with Gasteiger partial charge in [-0.25, -0.2) is 17.5 Å². The molecule has 1 unspecified atom stereocenters. The predicted octanol–water partition coefficient (Wildman–Crippen LogP) is 2.02. The highest BCUT2D eigenvalue weighted by Crippen LogP contribution is 2.21. The minimum absolute atomic E-state index is 0.0632. The third-order valence-electron chi connectivity index (χ3n) is 3.44. The summed E-state index contributed by atoms with van der Waals surface area (Å²) in [5.74, 6) is 0.116. The SMILES string of the molecule is COc1ccc(S(=O)(=O)NCC(C)(O)c2ccc(F)cc2)cc1. The molecule has 0 saturated heterocycles. The number of hydrogen-bond acceptors (Lipinski definition) is 4. The van der Waals surface area contributed by atoms with E-state index >= 15 is 0 Å². The van der Waals surface area contributed by atoms with Gasteiger partial charge < -0.3 is 9.84 Å². The van der Waals surface area contributed by atoms with Crippen LogP contribution in [0.2, 0.25) is 0 Å². The summed E-state index contributed by atoms with van der Waals surface area (Å²) < 4.78 is 44.7. The molecule has 23 heavy (non-hydrogen) atoms. The lowest BCUT2D eigenvalue weighted by atomic mass is 9.96. The maximum atomic E-state index is 12.9. The molecule has 124 valence electrons. The number of benzene rings is 2. The van der Waals surface area contributed by atoms with Crippen molar-refractivity contribution in [2.75, 3.05) is 13.7 Å². The van der Waals surface area contributed by atoms with E-state index < -0.39 is 21.4 Å². The number of nitrogens with one attached hydrogen (secondary N) is 1. The molecule has 2 aromatic rings. The number of ether oxygens (including phenoxy) is 1. The Kier molecular flexibility index (Phi) is 5.03. The van der Waals surface area contributed by atoms with E-state index in [0.29, 0.717) is 11.3 Å². The van der Waals surface area contributed by atoms with E-state index in [1.165, 1.54) is 62.6 Å². The fraction of sp³-hybridized carbons (Fsp3) is 0.250. The van der Waals surface area contributed by atoms with E-state index in [1.54, 1.807) is 0 Å². The normalized spacial score (nSPS) is 14.3. The van der Waals surface area contributed by atoms with Crippen LogP contribution >= 0.6 is 0 Å². The first-order chi connectivity index (χ1) is 10.7. The van der Waals surface area contributed by atoms with Crippen LogP contribution in [0, 0.1) is 5.82 Å². The first kappa shape index (κ1) is 17.4. The average molecular weight is 339 g/mol. The van der Waals surface area contributed by atoms with Gasteiger partial charge in [-0.1, -0.05) is 12.1 Å². The number of methoxy groups -OCH3 is 1. The van der Waals surface area contributed by atoms with Gasteiger partial charge in [0.1, 0.15) is 17.2 Å². The van der Waals surface area contributed by atoms with Gasteiger partial charge in [0.15, 0.2) is 0 Å². The number of halogens is 1. The molecule has 0 heterocycles. The lowest BCUT2D eigenvalue weighted by Gasteiger charge is -2.24. The van der Waals surface area contributed by atoms with E-state index in [9.17, 15) is 17.9 Å². The Labute approximate surface area is 134 Å². The molecule has 0 radical (unpaired) electrons. The maximum Gasteiger partial charge on any atom is 0.240 e. The third-order valence-corrected chi connectivity index (χ3v) is 4.86. The fourth-order valence-electron chi connectivity index (χ4n) is 1.98. The van der Waals surface area contributed by atoms with Crippen LogP contribution in [-0.4, -0.2) is 27.2 Å². The topological polar surface area (TPSA) is 75.6 Å². The number of hydrogen-bond donors (Lipinski definition) is 2. The third kappa shape index (κ3) is 4.28. The molecule has 1 atom stereocenters. The fourth-order valence-corrected chi connectivity index (χ4v) is 3.12. The van der Waals surface area contributed by atoms with Crippen LogP contribution in [0.15, 0.2) is 53.4 Å². The zero-order valence-electron chi connectivity index (χ0n) is 12.8. The summed E-state index contributed by atoms with van der Waals surface area (Å²) in [7, 11) is -2.29. The van der Waals surface area contributed by atoms with Gasteiger partial charge in [0, 0.05) is 6.54 Å². The van der Waals surface area contributed by atoms with Crippen LogP contribution in [0.4, 0.5) is 4.39 Å². The van der Waals surface area contributed by atoms with Crippen molar-refractivity contribution in [3.8, 4) is 5.75 Å². The van der Waals surface area contributed by atoms with Crippen LogP contribution in [0.3, 0.4) is 0 Å². The highest BCUT2D eigenvalue weighted by molar-refractivity contribution is 7.89. The smallest absolute Gasteiger partial charge is 0.240 e. The van der Waals surface area contributed by atoms with Crippen molar-refractivity contribution >= 4 is 10.0 Å². The zero-order valence-corrected chi connectivity index (χ0v) is 13.6. The summed E-state index contributed by atoms with van der Waals surface area (Å²) in [6.45, 7) is 1.21. The largest absolute Gasteiger partial charge is 0.497 e. The van der Waals surface area contributed by atoms with Gasteiger partial charge in [0.25, 0.3) is 0 Å². The van der Waals surface area contributed by atoms with E-state index in [4.69, 9.17) is 4.74 Å². The molecule has 2 aromatic carbocycles. The van der Waals surface area contributed by atoms with Crippen LogP contribution in [0.5, 0.6) is 5.75 Å². The molecule has 0 aliphatic rings. The standard InChI is InChI=1S/C16H18FNO4S/c1-16(19,12-3-5-13(17)6-4-12)11-18-23(20,21)15-9-7-14(22-2)8-10-15/h3-10,18-19H,11H2,1-2H3. The highest BCUT2D eigenvalue weighted by atomic mass is 32.2. The lowest BCUT2D eigenvalue weighted by Crippen LogP contribution is -2.38. The van der Waals surface area contributed by atoms with Crippen LogP contribution < -0.4 is 9.46 Å². The number of sulfonamides is 1. The number of aliphatic hydroxyl groups is 1. The van der Waals surface area contributed by atoms with Crippen molar-refractivity contribution < 1.29 is 22.7 Å². The molecule has 0 aliphatic carbocycles. The Morgan fingerprint density at radius 1 is 1.13 bits per heavy atom. The molecule has 0 spiro atoms. The van der Waals surface area contributed by atoms with Crippen molar-refractivity contribution in [1.82, 2.24) is 4.72 Å². The highest BCUT2D eigenvalue weighted by Gasteiger charge is 2.26. The van der Waals surface area contributed by atoms with Crippen molar-refractivity contribution in [3.05, 3.63) is 59.9 Å². The van der Waals surface area contributed by atoms with Crippen LogP contribution in [-0.2, 0) is 15.6 Å². The molecule has 0 amide bonds. The van der Waals surface area contributed by atoms with Crippen molar-refractivity contribution in [2.45, 2.75) is 17.4 Å². The number of rotatable bonds is 6. The van der Waals surface area contributed by atoms with Crippen LogP contribution in [0.25, 0.3) is 0 Å². The minimum atomic E-state index is -3.77. The van der Waals surface area contributed by atoms with Crippen molar-refractivity contribution in [2.24, 2.45) is 0 Å². The Morgan fingerprint density at radius 3 is 2.22 bits per heavy atom. The molecule has 0 aromatic heterocycles. The maximum absolute atomic E-state index is 12.9. The summed E-state index contributed by atoms with van der Waals surface area (Å²) in [6.07, 6.45) is 0. The van der Waals surface area contributed by atoms with E-state index in [1.807, 2.05) is 0 Å². The summed E-state index contributed by atoms with van der Waals surface area (Å²) in [6, 6.07) is 11.1. The molecule has 2 N–H and O–H groups in total. The Hall–Kier alpha value is -1.96. The van der Waals surface area contributed by atoms with Gasteiger partial charge in [-0.15, -0.1) is 0 Å². The molecule has 0 saturated carbocycles. The quantitative estimate of drug-likeness (QED) is 0.844. The van der Waals surface area contributed by atoms with Gasteiger partial charge in [0.05, 0.1) is 12.0 Å². The van der Waals surface area contributed by atoms with E-state index in [2.05, 4.69) is 4.72 Å². The summed E-state index contributed by atoms with van der Waals surface area (Å²) in [4.78, 5) is 0.0632. The molecule has 2 rings (SSSR count). The van der Waals surface area contributed by atoms with Gasteiger partial charge in [0.2, 0.25) is 10.0 Å². The second-order valence-corrected chi connectivity index (χ2v) is 7.05. The average Bonchev–Trinajstić information content (AvgIpc) is 2.54. The molecular formula is C16H18FNO4S. The molecule has 0 bridgehead atoms. The second-order valence-electron chi connectivity index (χ2n) is 5.28. The first-order valence-electron chi connectivity index (χ1n) is 6.87. The Morgan fingerprint density at radius 2 is 1.70 bits per heavy atom. The summed E-state index contributed by atoms with van der Waals surface area (Å²) in [5, 5.41) is 10.4. The zero-order chi connectivity index (χ0) is 17.1. The minimum Gasteiger partial charge on any atom is -0.497 e. The summed E-state index contributed by atoms with van der Waals surface area (Å²) in [5.41, 5.74) is -1.05. The van der Waals surface area contributed by atoms with Crippen molar-refractivity contribution in [3.63, 3.8) is 0 Å². The van der Waals surface area contributed by atoms with E-state index in [0.717, 1.165) is 0 Å². The lowest BCUT2D eigenvalue weighted by molar-refractivity contribution is 0.0627. The molecule has 0 aliphatic heterocycles. The molecule has 7 heteroatoms. The van der Waals surface area contributed by atoms with E-state index in [-0.39, 0.29) is 11.4 Å². The summed E-state index contributed by atoms with van der Waals surface area (Å²) >= 11 is 0. The molecule has 0 fully saturated rings. The second kappa shape index (κ2) is 6.66. The molecule has 5 nitrogen and oxygen atoms in total. The van der Waals surface area contributed by atoms with Gasteiger partial charge in [-0.2, -0.15) is 0 Å². The van der Waals surface area contributed by atoms with Gasteiger partial charge in [-0.05, 0) is 48.9 Å². The van der Waals surface area contributed by atoms with Crippen LogP contribution in [0.1, 0.15) is 12.5 Å². The predicted molar refractivity (Wildman–Crippen MR) is 84.2 cm³/mol. The monoisotopic (exact) mass is 339 g/mol. The van der Waals surface area contributed by atoms with Gasteiger partial charge in [-0.3, -0.25) is 0 Å². The van der Waals surface area contributed by atoms with Crippen molar-refractivity contribution in [1.29, 1.82) is 0 Å². The van der Waals surface area contributed by atoms with Gasteiger partial charge >= 0.3 is 0 Å².